The monoisotopic (exact) mass is 330 g/mol. The Morgan fingerprint density at radius 2 is 2.44 bits per heavy atom. The van der Waals surface area contributed by atoms with Crippen LogP contribution in [0.25, 0.3) is 0 Å². The number of rotatable bonds is 8. The summed E-state index contributed by atoms with van der Waals surface area (Å²) in [6.07, 6.45) is 4.83. The van der Waals surface area contributed by atoms with Crippen LogP contribution in [0.5, 0.6) is 0 Å². The van der Waals surface area contributed by atoms with Crippen molar-refractivity contribution in [3.63, 3.8) is 0 Å². The molecule has 0 bridgehead atoms. The molecular formula is C13H19BrN2OS. The van der Waals surface area contributed by atoms with Crippen molar-refractivity contribution in [1.82, 2.24) is 9.88 Å². The Morgan fingerprint density at radius 1 is 1.67 bits per heavy atom. The summed E-state index contributed by atoms with van der Waals surface area (Å²) in [4.78, 5) is 12.0. The number of carbonyl (C=O) groups is 1. The molecule has 1 aromatic rings. The lowest BCUT2D eigenvalue weighted by Crippen LogP contribution is -2.27. The first-order valence-electron chi connectivity index (χ1n) is 6.01. The number of nitrogens with one attached hydrogen (secondary N) is 1. The number of aromatic nitrogens is 1. The molecule has 18 heavy (non-hydrogen) atoms. The fraction of sp³-hybridized carbons (Fsp3) is 0.462. The van der Waals surface area contributed by atoms with E-state index in [4.69, 9.17) is 0 Å². The molecule has 1 rings (SSSR count). The summed E-state index contributed by atoms with van der Waals surface area (Å²) in [6.45, 7) is 7.31. The highest BCUT2D eigenvalue weighted by Crippen LogP contribution is 2.15. The van der Waals surface area contributed by atoms with Gasteiger partial charge < -0.3 is 9.88 Å². The maximum Gasteiger partial charge on any atom is 0.267 e. The molecule has 0 aliphatic rings. The number of hydrogen-bond acceptors (Lipinski definition) is 2. The Labute approximate surface area is 121 Å². The van der Waals surface area contributed by atoms with Crippen molar-refractivity contribution in [3.8, 4) is 0 Å². The van der Waals surface area contributed by atoms with E-state index in [1.165, 1.54) is 0 Å². The van der Waals surface area contributed by atoms with Crippen LogP contribution in [0, 0.1) is 0 Å². The average Bonchev–Trinajstić information content (AvgIpc) is 2.70. The molecule has 0 fully saturated rings. The number of aryl methyl sites for hydroxylation is 1. The van der Waals surface area contributed by atoms with Gasteiger partial charge in [0.25, 0.3) is 5.91 Å². The predicted octanol–water partition coefficient (Wildman–Crippen LogP) is 3.31. The number of carbonyl (C=O) groups excluding carboxylic acids is 1. The molecule has 1 aromatic heterocycles. The first-order chi connectivity index (χ1) is 8.69. The van der Waals surface area contributed by atoms with Gasteiger partial charge >= 0.3 is 0 Å². The van der Waals surface area contributed by atoms with Gasteiger partial charge in [-0.25, -0.2) is 0 Å². The Bertz CT molecular complexity index is 404. The fourth-order valence-corrected chi connectivity index (χ4v) is 2.63. The minimum atomic E-state index is -0.00615. The van der Waals surface area contributed by atoms with Crippen molar-refractivity contribution in [2.45, 2.75) is 19.9 Å². The van der Waals surface area contributed by atoms with Crippen LogP contribution in [0.1, 0.15) is 23.8 Å². The van der Waals surface area contributed by atoms with Crippen molar-refractivity contribution >= 4 is 33.6 Å². The molecule has 0 unspecified atom stereocenters. The number of nitrogens with zero attached hydrogens (tertiary/aromatic N) is 1. The number of hydrogen-bond donors (Lipinski definition) is 1. The predicted molar refractivity (Wildman–Crippen MR) is 82.3 cm³/mol. The second-order valence-electron chi connectivity index (χ2n) is 3.86. The van der Waals surface area contributed by atoms with E-state index < -0.39 is 0 Å². The summed E-state index contributed by atoms with van der Waals surface area (Å²) in [5.74, 6) is 1.83. The molecule has 0 aliphatic heterocycles. The second kappa shape index (κ2) is 8.43. The minimum Gasteiger partial charge on any atom is -0.350 e. The largest absolute Gasteiger partial charge is 0.350 e. The van der Waals surface area contributed by atoms with Gasteiger partial charge in [0.1, 0.15) is 5.69 Å². The summed E-state index contributed by atoms with van der Waals surface area (Å²) in [5, 5.41) is 2.93. The molecule has 5 heteroatoms. The Balaban J connectivity index is 2.47. The van der Waals surface area contributed by atoms with E-state index in [2.05, 4.69) is 34.7 Å². The SMILES string of the molecule is C=CCSCCNC(=O)c1cc(Br)cn1CCC. The first-order valence-corrected chi connectivity index (χ1v) is 7.96. The van der Waals surface area contributed by atoms with E-state index in [0.29, 0.717) is 6.54 Å². The van der Waals surface area contributed by atoms with Crippen LogP contribution in [0.2, 0.25) is 0 Å². The van der Waals surface area contributed by atoms with E-state index in [9.17, 15) is 4.79 Å². The molecule has 0 spiro atoms. The van der Waals surface area contributed by atoms with Crippen molar-refractivity contribution < 1.29 is 4.79 Å². The Kier molecular flexibility index (Phi) is 7.20. The average molecular weight is 331 g/mol. The summed E-state index contributed by atoms with van der Waals surface area (Å²) in [5.41, 5.74) is 0.720. The molecule has 3 nitrogen and oxygen atoms in total. The molecule has 1 heterocycles. The van der Waals surface area contributed by atoms with Gasteiger partial charge in [-0.3, -0.25) is 4.79 Å². The number of thioether (sulfide) groups is 1. The van der Waals surface area contributed by atoms with Gasteiger partial charge in [0.2, 0.25) is 0 Å². The van der Waals surface area contributed by atoms with E-state index in [-0.39, 0.29) is 5.91 Å². The summed E-state index contributed by atoms with van der Waals surface area (Å²) in [7, 11) is 0. The maximum atomic E-state index is 12.0. The molecule has 0 radical (unpaired) electrons. The van der Waals surface area contributed by atoms with Crippen molar-refractivity contribution in [2.75, 3.05) is 18.1 Å². The molecule has 0 saturated heterocycles. The third-order valence-corrected chi connectivity index (χ3v) is 3.73. The molecule has 1 N–H and O–H groups in total. The summed E-state index contributed by atoms with van der Waals surface area (Å²) in [6, 6.07) is 1.86. The third-order valence-electron chi connectivity index (χ3n) is 2.33. The van der Waals surface area contributed by atoms with E-state index in [1.54, 1.807) is 11.8 Å². The zero-order valence-corrected chi connectivity index (χ0v) is 13.0. The quantitative estimate of drug-likeness (QED) is 0.586. The van der Waals surface area contributed by atoms with Gasteiger partial charge in [0, 0.05) is 35.3 Å². The zero-order chi connectivity index (χ0) is 13.4. The van der Waals surface area contributed by atoms with Gasteiger partial charge in [-0.15, -0.1) is 6.58 Å². The van der Waals surface area contributed by atoms with Crippen LogP contribution < -0.4 is 5.32 Å². The van der Waals surface area contributed by atoms with Crippen LogP contribution in [-0.4, -0.2) is 28.5 Å². The highest BCUT2D eigenvalue weighted by atomic mass is 79.9. The smallest absolute Gasteiger partial charge is 0.267 e. The van der Waals surface area contributed by atoms with Crippen LogP contribution in [0.4, 0.5) is 0 Å². The lowest BCUT2D eigenvalue weighted by molar-refractivity contribution is 0.0947. The van der Waals surface area contributed by atoms with Crippen molar-refractivity contribution in [2.24, 2.45) is 0 Å². The number of halogens is 1. The minimum absolute atomic E-state index is 0.00615. The standard InChI is InChI=1S/C13H19BrN2OS/c1-3-6-16-10-11(14)9-12(16)13(17)15-5-8-18-7-4-2/h4,9-10H,2-3,5-8H2,1H3,(H,15,17). The highest BCUT2D eigenvalue weighted by Gasteiger charge is 2.11. The van der Waals surface area contributed by atoms with Crippen molar-refractivity contribution in [1.29, 1.82) is 0 Å². The molecule has 1 amide bonds. The molecule has 0 aromatic carbocycles. The van der Waals surface area contributed by atoms with E-state index in [1.807, 2.05) is 22.9 Å². The molecule has 0 aliphatic carbocycles. The highest BCUT2D eigenvalue weighted by molar-refractivity contribution is 9.10. The van der Waals surface area contributed by atoms with E-state index in [0.717, 1.165) is 34.6 Å². The molecular weight excluding hydrogens is 312 g/mol. The summed E-state index contributed by atoms with van der Waals surface area (Å²) >= 11 is 5.17. The Hall–Kier alpha value is -0.680. The third kappa shape index (κ3) is 4.90. The zero-order valence-electron chi connectivity index (χ0n) is 10.6. The maximum absolute atomic E-state index is 12.0. The van der Waals surface area contributed by atoms with Crippen LogP contribution >= 0.6 is 27.7 Å². The summed E-state index contributed by atoms with van der Waals surface area (Å²) < 4.78 is 2.93. The molecule has 0 atom stereocenters. The molecule has 0 saturated carbocycles. The van der Waals surface area contributed by atoms with Crippen LogP contribution in [-0.2, 0) is 6.54 Å². The normalized spacial score (nSPS) is 10.3. The van der Waals surface area contributed by atoms with Crippen LogP contribution in [0.15, 0.2) is 29.4 Å². The van der Waals surface area contributed by atoms with Gasteiger partial charge in [-0.2, -0.15) is 11.8 Å². The van der Waals surface area contributed by atoms with Gasteiger partial charge in [0.05, 0.1) is 0 Å². The lowest BCUT2D eigenvalue weighted by atomic mass is 10.4. The van der Waals surface area contributed by atoms with Crippen molar-refractivity contribution in [3.05, 3.63) is 35.1 Å². The van der Waals surface area contributed by atoms with E-state index >= 15 is 0 Å². The topological polar surface area (TPSA) is 34.0 Å². The molecule has 100 valence electrons. The second-order valence-corrected chi connectivity index (χ2v) is 5.92. The number of amides is 1. The Morgan fingerprint density at radius 3 is 3.11 bits per heavy atom. The van der Waals surface area contributed by atoms with Gasteiger partial charge in [0.15, 0.2) is 0 Å². The van der Waals surface area contributed by atoms with Gasteiger partial charge in [-0.05, 0) is 28.4 Å². The van der Waals surface area contributed by atoms with Gasteiger partial charge in [-0.1, -0.05) is 13.0 Å². The first kappa shape index (κ1) is 15.4. The lowest BCUT2D eigenvalue weighted by Gasteiger charge is -2.08. The van der Waals surface area contributed by atoms with Crippen LogP contribution in [0.3, 0.4) is 0 Å². The fourth-order valence-electron chi connectivity index (χ4n) is 1.59.